The van der Waals surface area contributed by atoms with Crippen molar-refractivity contribution in [3.63, 3.8) is 0 Å². The highest BCUT2D eigenvalue weighted by molar-refractivity contribution is 5.66. The summed E-state index contributed by atoms with van der Waals surface area (Å²) in [6.07, 6.45) is -3.24. The molecule has 1 fully saturated rings. The molecule has 1 aliphatic heterocycles. The van der Waals surface area contributed by atoms with Gasteiger partial charge in [0.25, 0.3) is 0 Å². The zero-order valence-corrected chi connectivity index (χ0v) is 7.11. The monoisotopic (exact) mass is 176 g/mol. The number of carboxylic acids is 1. The minimum Gasteiger partial charge on any atom is -0.481 e. The van der Waals surface area contributed by atoms with Gasteiger partial charge in [-0.1, -0.05) is 0 Å². The highest BCUT2D eigenvalue weighted by Crippen LogP contribution is 2.24. The fraction of sp³-hybridized carbons (Fsp3) is 0.875. The van der Waals surface area contributed by atoms with Crippen LogP contribution < -0.4 is 0 Å². The van der Waals surface area contributed by atoms with Gasteiger partial charge in [-0.25, -0.2) is 0 Å². The van der Waals surface area contributed by atoms with Crippen LogP contribution in [0.2, 0.25) is 0 Å². The van der Waals surface area contributed by atoms with Crippen molar-refractivity contribution in [2.45, 2.75) is 38.5 Å². The number of carbonyl (C=O) groups is 1. The summed E-state index contributed by atoms with van der Waals surface area (Å²) in [6.45, 7) is 3.56. The highest BCUT2D eigenvalue weighted by atomic mass is 16.7. The van der Waals surface area contributed by atoms with E-state index in [2.05, 4.69) is 0 Å². The van der Waals surface area contributed by atoms with Gasteiger partial charge in [-0.15, -0.1) is 0 Å². The summed E-state index contributed by atoms with van der Waals surface area (Å²) in [5.41, 5.74) is 0. The fourth-order valence-corrected chi connectivity index (χ4v) is 1.000. The topological polar surface area (TPSA) is 55.8 Å². The van der Waals surface area contributed by atoms with Crippen molar-refractivity contribution in [3.8, 4) is 0 Å². The van der Waals surface area contributed by atoms with Crippen LogP contribution in [-0.4, -0.2) is 29.6 Å². The van der Waals surface area contributed by atoms with Crippen molar-refractivity contribution < 1.29 is 22.1 Å². The lowest BCUT2D eigenvalue weighted by molar-refractivity contribution is -0.144. The molecule has 4 nitrogen and oxygen atoms in total. The number of aliphatic carboxylic acids is 1. The van der Waals surface area contributed by atoms with E-state index in [1.165, 1.54) is 0 Å². The number of hydrogen-bond acceptors (Lipinski definition) is 3. The Morgan fingerprint density at radius 2 is 2.50 bits per heavy atom. The molecule has 0 spiro atoms. The van der Waals surface area contributed by atoms with E-state index in [1.54, 1.807) is 13.8 Å². The second-order valence-corrected chi connectivity index (χ2v) is 3.06. The molecule has 12 heavy (non-hydrogen) atoms. The average molecular weight is 176 g/mol. The maximum absolute atomic E-state index is 10.5. The van der Waals surface area contributed by atoms with Crippen molar-refractivity contribution in [1.29, 1.82) is 0 Å². The molecular weight excluding hydrogens is 160 g/mol. The Bertz CT molecular complexity index is 231. The van der Waals surface area contributed by atoms with Crippen LogP contribution in [0.15, 0.2) is 0 Å². The van der Waals surface area contributed by atoms with Crippen LogP contribution in [0.5, 0.6) is 0 Å². The third-order valence-corrected chi connectivity index (χ3v) is 1.48. The van der Waals surface area contributed by atoms with Gasteiger partial charge in [-0.3, -0.25) is 4.79 Å². The Morgan fingerprint density at radius 1 is 1.83 bits per heavy atom. The maximum atomic E-state index is 10.5. The van der Waals surface area contributed by atoms with Crippen LogP contribution in [0, 0.1) is 0 Å². The fourth-order valence-electron chi connectivity index (χ4n) is 1.000. The first-order valence-corrected chi connectivity index (χ1v) is 3.72. The van der Waals surface area contributed by atoms with Crippen LogP contribution in [0.25, 0.3) is 0 Å². The van der Waals surface area contributed by atoms with Crippen LogP contribution >= 0.6 is 0 Å². The second-order valence-electron chi connectivity index (χ2n) is 3.06. The van der Waals surface area contributed by atoms with Crippen LogP contribution in [-0.2, 0) is 14.3 Å². The summed E-state index contributed by atoms with van der Waals surface area (Å²) in [7, 11) is 0. The molecule has 0 amide bonds. The quantitative estimate of drug-likeness (QED) is 0.697. The summed E-state index contributed by atoms with van der Waals surface area (Å²) in [4.78, 5) is 10.5. The molecule has 1 rings (SSSR count). The van der Waals surface area contributed by atoms with E-state index in [9.17, 15) is 4.79 Å². The molecule has 0 bridgehead atoms. The Hall–Kier alpha value is -0.610. The summed E-state index contributed by atoms with van der Waals surface area (Å²) < 4.78 is 25.2. The molecule has 3 atom stereocenters. The molecule has 1 heterocycles. The number of rotatable bonds is 3. The zero-order chi connectivity index (χ0) is 10.9. The third-order valence-electron chi connectivity index (χ3n) is 1.48. The summed E-state index contributed by atoms with van der Waals surface area (Å²) >= 11 is 0. The van der Waals surface area contributed by atoms with Gasteiger partial charge in [0.15, 0.2) is 5.79 Å². The van der Waals surface area contributed by atoms with Crippen molar-refractivity contribution in [2.24, 2.45) is 0 Å². The molecular formula is C8H14O4. The molecule has 70 valence electrons. The van der Waals surface area contributed by atoms with Crippen molar-refractivity contribution >= 4 is 5.97 Å². The second kappa shape index (κ2) is 3.41. The molecule has 4 heteroatoms. The van der Waals surface area contributed by atoms with Gasteiger partial charge in [0.1, 0.15) is 0 Å². The van der Waals surface area contributed by atoms with Gasteiger partial charge in [-0.05, 0) is 20.2 Å². The van der Waals surface area contributed by atoms with Crippen LogP contribution in [0.3, 0.4) is 0 Å². The summed E-state index contributed by atoms with van der Waals surface area (Å²) in [6, 6.07) is 0. The van der Waals surface area contributed by atoms with E-state index in [0.29, 0.717) is 0 Å². The zero-order valence-electron chi connectivity index (χ0n) is 9.11. The Labute approximate surface area is 74.3 Å². The molecule has 0 aromatic heterocycles. The van der Waals surface area contributed by atoms with Gasteiger partial charge in [0.05, 0.1) is 12.7 Å². The molecule has 0 aliphatic carbocycles. The molecule has 0 radical (unpaired) electrons. The first-order chi connectivity index (χ1) is 6.33. The van der Waals surface area contributed by atoms with E-state index in [4.69, 9.17) is 17.3 Å². The lowest BCUT2D eigenvalue weighted by atomic mass is 10.2. The molecule has 0 unspecified atom stereocenters. The first kappa shape index (κ1) is 6.86. The lowest BCUT2D eigenvalue weighted by Crippen LogP contribution is -2.21. The first-order valence-electron chi connectivity index (χ1n) is 4.88. The standard InChI is InChI=1S/C8H14O4/c1-8(2)11-5-6(12-8)3-4-7(9)10/h6H,3-5H2,1-2H3,(H,9,10)/t6-/m0/s1/i3D,4D/t3-,4+,6-. The van der Waals surface area contributed by atoms with E-state index < -0.39 is 30.7 Å². The molecule has 1 saturated heterocycles. The highest BCUT2D eigenvalue weighted by Gasteiger charge is 2.32. The van der Waals surface area contributed by atoms with Crippen LogP contribution in [0.4, 0.5) is 0 Å². The van der Waals surface area contributed by atoms with Crippen LogP contribution in [0.1, 0.15) is 29.4 Å². The lowest BCUT2D eigenvalue weighted by Gasteiger charge is -2.16. The Kier molecular flexibility index (Phi) is 1.95. The molecule has 0 aromatic rings. The Balaban J connectivity index is 2.55. The van der Waals surface area contributed by atoms with Crippen molar-refractivity contribution in [2.75, 3.05) is 6.61 Å². The van der Waals surface area contributed by atoms with Gasteiger partial charge >= 0.3 is 5.97 Å². The average Bonchev–Trinajstić information content (AvgIpc) is 2.43. The van der Waals surface area contributed by atoms with Gasteiger partial charge in [0, 0.05) is 9.14 Å². The van der Waals surface area contributed by atoms with E-state index in [0.717, 1.165) is 0 Å². The van der Waals surface area contributed by atoms with E-state index in [1.807, 2.05) is 0 Å². The third kappa shape index (κ3) is 2.79. The van der Waals surface area contributed by atoms with Gasteiger partial charge in [0.2, 0.25) is 0 Å². The molecule has 1 N–H and O–H groups in total. The molecule has 0 aromatic carbocycles. The maximum Gasteiger partial charge on any atom is 0.303 e. The molecule has 1 aliphatic rings. The Morgan fingerprint density at radius 3 is 2.92 bits per heavy atom. The van der Waals surface area contributed by atoms with E-state index in [-0.39, 0.29) is 6.61 Å². The largest absolute Gasteiger partial charge is 0.481 e. The van der Waals surface area contributed by atoms with Gasteiger partial charge in [-0.2, -0.15) is 0 Å². The molecule has 0 saturated carbocycles. The van der Waals surface area contributed by atoms with E-state index >= 15 is 0 Å². The van der Waals surface area contributed by atoms with Crippen molar-refractivity contribution in [1.82, 2.24) is 0 Å². The van der Waals surface area contributed by atoms with Crippen molar-refractivity contribution in [3.05, 3.63) is 0 Å². The predicted octanol–water partition coefficient (Wildman–Crippen LogP) is 1.00. The minimum atomic E-state index is -1.49. The predicted molar refractivity (Wildman–Crippen MR) is 41.8 cm³/mol. The summed E-state index contributed by atoms with van der Waals surface area (Å²) in [5.74, 6) is -2.08. The smallest absolute Gasteiger partial charge is 0.303 e. The van der Waals surface area contributed by atoms with Gasteiger partial charge < -0.3 is 14.6 Å². The normalized spacial score (nSPS) is 35.0. The SMILES string of the molecule is [2H][C@H]([C@H]1COC(C)(C)O1)[C@@H]([2H])C(=O)O. The number of hydrogen-bond donors (Lipinski definition) is 1. The number of carboxylic acid groups (broad SMARTS) is 1. The minimum absolute atomic E-state index is 0.170. The summed E-state index contributed by atoms with van der Waals surface area (Å²) in [5, 5.41) is 8.54. The number of ether oxygens (including phenoxy) is 2.